The summed E-state index contributed by atoms with van der Waals surface area (Å²) >= 11 is 0. The molecule has 0 unspecified atom stereocenters. The lowest BCUT2D eigenvalue weighted by atomic mass is 10.1. The number of hydrogen-bond donors (Lipinski definition) is 3. The molecule has 0 bridgehead atoms. The van der Waals surface area contributed by atoms with Gasteiger partial charge in [-0.2, -0.15) is 0 Å². The lowest BCUT2D eigenvalue weighted by Crippen LogP contribution is -2.31. The molecule has 3 N–H and O–H groups in total. The molecule has 6 nitrogen and oxygen atoms in total. The molecule has 0 heterocycles. The molecule has 1 aromatic carbocycles. The number of anilines is 1. The highest BCUT2D eigenvalue weighted by molar-refractivity contribution is 5.97. The number of ether oxygens (including phenoxy) is 1. The van der Waals surface area contributed by atoms with Crippen LogP contribution in [0.2, 0.25) is 0 Å². The van der Waals surface area contributed by atoms with Crippen LogP contribution in [-0.4, -0.2) is 44.7 Å². The van der Waals surface area contributed by atoms with Gasteiger partial charge in [0.2, 0.25) is 5.91 Å². The Hall–Kier alpha value is -1.92. The maximum atomic E-state index is 11.9. The zero-order chi connectivity index (χ0) is 15.7. The first-order chi connectivity index (χ1) is 10.0. The summed E-state index contributed by atoms with van der Waals surface area (Å²) in [5.41, 5.74) is 1.12. The van der Waals surface area contributed by atoms with E-state index in [0.29, 0.717) is 24.4 Å². The van der Waals surface area contributed by atoms with Gasteiger partial charge in [-0.25, -0.2) is 0 Å². The molecule has 0 fully saturated rings. The number of nitrogens with one attached hydrogen (secondary N) is 3. The molecule has 0 radical (unpaired) electrons. The van der Waals surface area contributed by atoms with Crippen LogP contribution in [0.3, 0.4) is 0 Å². The molecule has 0 saturated heterocycles. The predicted molar refractivity (Wildman–Crippen MR) is 82.4 cm³/mol. The van der Waals surface area contributed by atoms with Crippen molar-refractivity contribution >= 4 is 17.5 Å². The lowest BCUT2D eigenvalue weighted by molar-refractivity contribution is -0.115. The van der Waals surface area contributed by atoms with Crippen molar-refractivity contribution in [3.8, 4) is 0 Å². The number of carbonyl (C=O) groups excluding carboxylic acids is 2. The van der Waals surface area contributed by atoms with Gasteiger partial charge in [-0.15, -0.1) is 0 Å². The van der Waals surface area contributed by atoms with Crippen molar-refractivity contribution in [1.82, 2.24) is 10.6 Å². The molecule has 1 aromatic rings. The summed E-state index contributed by atoms with van der Waals surface area (Å²) in [6.45, 7) is 5.16. The zero-order valence-corrected chi connectivity index (χ0v) is 12.7. The molecular formula is C15H23N3O3. The normalized spacial score (nSPS) is 10.5. The van der Waals surface area contributed by atoms with Crippen molar-refractivity contribution in [2.45, 2.75) is 19.9 Å². The van der Waals surface area contributed by atoms with Crippen LogP contribution in [-0.2, 0) is 9.53 Å². The topological polar surface area (TPSA) is 79.5 Å². The molecule has 0 aromatic heterocycles. The molecule has 21 heavy (non-hydrogen) atoms. The van der Waals surface area contributed by atoms with E-state index in [1.165, 1.54) is 0 Å². The minimum absolute atomic E-state index is 0.0701. The molecule has 0 spiro atoms. The Kier molecular flexibility index (Phi) is 7.42. The van der Waals surface area contributed by atoms with Crippen molar-refractivity contribution in [2.24, 2.45) is 0 Å². The van der Waals surface area contributed by atoms with Crippen LogP contribution in [0, 0.1) is 0 Å². The minimum Gasteiger partial charge on any atom is -0.383 e. The van der Waals surface area contributed by atoms with Gasteiger partial charge in [0.15, 0.2) is 0 Å². The molecule has 0 saturated carbocycles. The third-order valence-electron chi connectivity index (χ3n) is 2.60. The first-order valence-electron chi connectivity index (χ1n) is 6.93. The summed E-state index contributed by atoms with van der Waals surface area (Å²) in [6, 6.07) is 6.93. The third kappa shape index (κ3) is 6.87. The first kappa shape index (κ1) is 17.1. The molecule has 2 amide bonds. The Balaban J connectivity index is 2.52. The van der Waals surface area contributed by atoms with Crippen LogP contribution in [0.4, 0.5) is 5.69 Å². The molecule has 1 rings (SSSR count). The molecule has 0 aliphatic heterocycles. The summed E-state index contributed by atoms with van der Waals surface area (Å²) in [4.78, 5) is 23.6. The highest BCUT2D eigenvalue weighted by Crippen LogP contribution is 2.10. The Labute approximate surface area is 125 Å². The van der Waals surface area contributed by atoms with Gasteiger partial charge in [0.1, 0.15) is 0 Å². The summed E-state index contributed by atoms with van der Waals surface area (Å²) < 4.78 is 4.88. The fourth-order valence-corrected chi connectivity index (χ4v) is 1.67. The standard InChI is InChI=1S/C15H23N3O3/c1-11(2)17-15(20)12-5-4-6-13(9-12)18-14(19)10-16-7-8-21-3/h4-6,9,11,16H,7-8,10H2,1-3H3,(H,17,20)(H,18,19). The highest BCUT2D eigenvalue weighted by Gasteiger charge is 2.08. The number of hydrogen-bond acceptors (Lipinski definition) is 4. The molecule has 0 aliphatic rings. The first-order valence-corrected chi connectivity index (χ1v) is 6.93. The summed E-state index contributed by atoms with van der Waals surface area (Å²) in [7, 11) is 1.61. The Bertz CT molecular complexity index is 475. The van der Waals surface area contributed by atoms with Gasteiger partial charge in [-0.05, 0) is 32.0 Å². The second kappa shape index (κ2) is 9.10. The van der Waals surface area contributed by atoms with Crippen LogP contribution in [0.5, 0.6) is 0 Å². The monoisotopic (exact) mass is 293 g/mol. The van der Waals surface area contributed by atoms with Crippen molar-refractivity contribution in [3.63, 3.8) is 0 Å². The second-order valence-electron chi connectivity index (χ2n) is 4.93. The number of methoxy groups -OCH3 is 1. The van der Waals surface area contributed by atoms with E-state index in [2.05, 4.69) is 16.0 Å². The summed E-state index contributed by atoms with van der Waals surface area (Å²) in [5, 5.41) is 8.51. The van der Waals surface area contributed by atoms with Gasteiger partial charge < -0.3 is 20.7 Å². The van der Waals surface area contributed by atoms with Crippen LogP contribution in [0.25, 0.3) is 0 Å². The number of carbonyl (C=O) groups is 2. The minimum atomic E-state index is -0.160. The Morgan fingerprint density at radius 2 is 2.05 bits per heavy atom. The number of amides is 2. The zero-order valence-electron chi connectivity index (χ0n) is 12.7. The quantitative estimate of drug-likeness (QED) is 0.625. The van der Waals surface area contributed by atoms with Crippen molar-refractivity contribution < 1.29 is 14.3 Å². The smallest absolute Gasteiger partial charge is 0.251 e. The summed E-state index contributed by atoms with van der Waals surface area (Å²) in [5.74, 6) is -0.313. The van der Waals surface area contributed by atoms with Crippen LogP contribution >= 0.6 is 0 Å². The third-order valence-corrected chi connectivity index (χ3v) is 2.60. The van der Waals surface area contributed by atoms with Gasteiger partial charge in [0.25, 0.3) is 5.91 Å². The largest absolute Gasteiger partial charge is 0.383 e. The second-order valence-corrected chi connectivity index (χ2v) is 4.93. The lowest BCUT2D eigenvalue weighted by Gasteiger charge is -2.10. The molecule has 6 heteroatoms. The molecule has 0 aliphatic carbocycles. The van der Waals surface area contributed by atoms with E-state index in [4.69, 9.17) is 4.74 Å². The number of benzene rings is 1. The fraction of sp³-hybridized carbons (Fsp3) is 0.467. The fourth-order valence-electron chi connectivity index (χ4n) is 1.67. The molecule has 116 valence electrons. The van der Waals surface area contributed by atoms with Crippen LogP contribution in [0.15, 0.2) is 24.3 Å². The van der Waals surface area contributed by atoms with Crippen LogP contribution in [0.1, 0.15) is 24.2 Å². The average Bonchev–Trinajstić information content (AvgIpc) is 2.43. The van der Waals surface area contributed by atoms with Gasteiger partial charge in [-0.3, -0.25) is 9.59 Å². The highest BCUT2D eigenvalue weighted by atomic mass is 16.5. The molecular weight excluding hydrogens is 270 g/mol. The van der Waals surface area contributed by atoms with E-state index in [-0.39, 0.29) is 24.4 Å². The predicted octanol–water partition coefficient (Wildman–Crippen LogP) is 0.999. The summed E-state index contributed by atoms with van der Waals surface area (Å²) in [6.07, 6.45) is 0. The Morgan fingerprint density at radius 3 is 2.71 bits per heavy atom. The van der Waals surface area contributed by atoms with Crippen LogP contribution < -0.4 is 16.0 Å². The Morgan fingerprint density at radius 1 is 1.29 bits per heavy atom. The van der Waals surface area contributed by atoms with Gasteiger partial charge in [0, 0.05) is 30.9 Å². The average molecular weight is 293 g/mol. The van der Waals surface area contributed by atoms with Crippen molar-refractivity contribution in [1.29, 1.82) is 0 Å². The number of rotatable bonds is 8. The van der Waals surface area contributed by atoms with E-state index in [1.807, 2.05) is 13.8 Å². The van der Waals surface area contributed by atoms with E-state index in [0.717, 1.165) is 0 Å². The SMILES string of the molecule is COCCNCC(=O)Nc1cccc(C(=O)NC(C)C)c1. The van der Waals surface area contributed by atoms with E-state index >= 15 is 0 Å². The maximum absolute atomic E-state index is 11.9. The van der Waals surface area contributed by atoms with E-state index in [9.17, 15) is 9.59 Å². The maximum Gasteiger partial charge on any atom is 0.251 e. The van der Waals surface area contributed by atoms with Gasteiger partial charge in [-0.1, -0.05) is 6.07 Å². The van der Waals surface area contributed by atoms with Crippen molar-refractivity contribution in [2.75, 3.05) is 32.1 Å². The van der Waals surface area contributed by atoms with Gasteiger partial charge in [0.05, 0.1) is 13.2 Å². The van der Waals surface area contributed by atoms with E-state index < -0.39 is 0 Å². The molecule has 0 atom stereocenters. The van der Waals surface area contributed by atoms with Crippen molar-refractivity contribution in [3.05, 3.63) is 29.8 Å². The van der Waals surface area contributed by atoms with E-state index in [1.54, 1.807) is 31.4 Å². The van der Waals surface area contributed by atoms with Gasteiger partial charge >= 0.3 is 0 Å².